The van der Waals surface area contributed by atoms with Gasteiger partial charge in [-0.2, -0.15) is 0 Å². The van der Waals surface area contributed by atoms with Crippen LogP contribution in [-0.2, 0) is 12.8 Å². The van der Waals surface area contributed by atoms with Crippen molar-refractivity contribution in [1.29, 1.82) is 0 Å². The monoisotopic (exact) mass is 566 g/mol. The number of hydrogen-bond donors (Lipinski definition) is 1. The van der Waals surface area contributed by atoms with Gasteiger partial charge in [0.05, 0.1) is 13.4 Å². The molecule has 1 aromatic heterocycles. The molecule has 1 atom stereocenters. The quantitative estimate of drug-likeness (QED) is 0.276. The summed E-state index contributed by atoms with van der Waals surface area (Å²) in [6.07, 6.45) is 8.92. The summed E-state index contributed by atoms with van der Waals surface area (Å²) in [5, 5.41) is 3.64. The lowest BCUT2D eigenvalue weighted by Crippen LogP contribution is -2.42. The maximum absolute atomic E-state index is 5.48. The highest BCUT2D eigenvalue weighted by Gasteiger charge is 2.27. The predicted octanol–water partition coefficient (Wildman–Crippen LogP) is 4.44. The molecule has 7 heteroatoms. The van der Waals surface area contributed by atoms with Crippen LogP contribution >= 0.6 is 24.0 Å². The van der Waals surface area contributed by atoms with Gasteiger partial charge in [0.1, 0.15) is 11.5 Å². The van der Waals surface area contributed by atoms with Gasteiger partial charge >= 0.3 is 0 Å². The summed E-state index contributed by atoms with van der Waals surface area (Å²) in [6.45, 7) is 7.60. The van der Waals surface area contributed by atoms with Crippen LogP contribution in [-0.4, -0.2) is 68.7 Å². The molecule has 0 aliphatic carbocycles. The molecule has 3 heterocycles. The highest BCUT2D eigenvalue weighted by atomic mass is 127. The van der Waals surface area contributed by atoms with E-state index in [1.807, 2.05) is 24.3 Å². The zero-order valence-electron chi connectivity index (χ0n) is 19.9. The number of ether oxygens (including phenoxy) is 1. The van der Waals surface area contributed by atoms with Crippen LogP contribution in [0.3, 0.4) is 0 Å². The maximum atomic E-state index is 5.48. The van der Waals surface area contributed by atoms with E-state index in [-0.39, 0.29) is 24.0 Å². The average molecular weight is 567 g/mol. The summed E-state index contributed by atoms with van der Waals surface area (Å²) in [6, 6.07) is 12.3. The number of halogens is 1. The van der Waals surface area contributed by atoms with Crippen molar-refractivity contribution in [2.45, 2.75) is 38.5 Å². The minimum atomic E-state index is 0. The number of rotatable bonds is 9. The SMILES string of the molecule is COc1ccc(CCNC(=NCCc2ccco2)N2CCC(CN3CCCCC3)C2)cc1.I. The van der Waals surface area contributed by atoms with E-state index in [1.54, 1.807) is 13.4 Å². The first kappa shape index (κ1) is 25.9. The van der Waals surface area contributed by atoms with Crippen molar-refractivity contribution in [2.24, 2.45) is 10.9 Å². The van der Waals surface area contributed by atoms with Crippen LogP contribution in [0.5, 0.6) is 5.75 Å². The number of nitrogens with zero attached hydrogens (tertiary/aromatic N) is 3. The molecule has 1 N–H and O–H groups in total. The Morgan fingerprint density at radius 1 is 1.09 bits per heavy atom. The van der Waals surface area contributed by atoms with Gasteiger partial charge in [-0.15, -0.1) is 24.0 Å². The molecule has 2 aromatic rings. The van der Waals surface area contributed by atoms with E-state index < -0.39 is 0 Å². The van der Waals surface area contributed by atoms with E-state index in [0.717, 1.165) is 62.4 Å². The zero-order valence-corrected chi connectivity index (χ0v) is 22.2. The van der Waals surface area contributed by atoms with Crippen LogP contribution in [0.2, 0.25) is 0 Å². The van der Waals surface area contributed by atoms with Crippen molar-refractivity contribution in [3.05, 3.63) is 54.0 Å². The number of likely N-dealkylation sites (tertiary alicyclic amines) is 2. The van der Waals surface area contributed by atoms with Crippen LogP contribution in [0, 0.1) is 5.92 Å². The molecule has 4 rings (SSSR count). The van der Waals surface area contributed by atoms with Crippen molar-refractivity contribution in [3.8, 4) is 5.75 Å². The van der Waals surface area contributed by atoms with Gasteiger partial charge in [-0.1, -0.05) is 18.6 Å². The number of aliphatic imine (C=N–C) groups is 1. The molecule has 0 spiro atoms. The van der Waals surface area contributed by atoms with Crippen LogP contribution < -0.4 is 10.1 Å². The lowest BCUT2D eigenvalue weighted by atomic mass is 10.1. The molecule has 6 nitrogen and oxygen atoms in total. The van der Waals surface area contributed by atoms with E-state index in [9.17, 15) is 0 Å². The molecule has 2 aliphatic heterocycles. The molecule has 0 radical (unpaired) electrons. The van der Waals surface area contributed by atoms with Crippen LogP contribution in [0.25, 0.3) is 0 Å². The standard InChI is InChI=1S/C26H38N4O2.HI/c1-31-24-9-7-22(8-10-24)11-14-27-26(28-15-12-25-6-5-19-32-25)30-18-13-23(21-30)20-29-16-3-2-4-17-29;/h5-10,19,23H,2-4,11-18,20-21H2,1H3,(H,27,28);1H. The fourth-order valence-corrected chi connectivity index (χ4v) is 4.79. The molecule has 2 saturated heterocycles. The van der Waals surface area contributed by atoms with Crippen LogP contribution in [0.1, 0.15) is 37.0 Å². The first-order chi connectivity index (χ1) is 15.8. The minimum absolute atomic E-state index is 0. The molecule has 1 unspecified atom stereocenters. The number of methoxy groups -OCH3 is 1. The Labute approximate surface area is 215 Å². The third kappa shape index (κ3) is 8.21. The molecule has 0 saturated carbocycles. The van der Waals surface area contributed by atoms with Crippen molar-refractivity contribution in [2.75, 3.05) is 52.9 Å². The number of nitrogens with one attached hydrogen (secondary N) is 1. The van der Waals surface area contributed by atoms with Crippen LogP contribution in [0.15, 0.2) is 52.1 Å². The zero-order chi connectivity index (χ0) is 22.0. The summed E-state index contributed by atoms with van der Waals surface area (Å²) in [4.78, 5) is 10.1. The van der Waals surface area contributed by atoms with Crippen molar-refractivity contribution in [3.63, 3.8) is 0 Å². The fourth-order valence-electron chi connectivity index (χ4n) is 4.79. The summed E-state index contributed by atoms with van der Waals surface area (Å²) in [5.74, 6) is 3.69. The normalized spacial score (nSPS) is 19.4. The van der Waals surface area contributed by atoms with Crippen molar-refractivity contribution < 1.29 is 9.15 Å². The van der Waals surface area contributed by atoms with Gasteiger partial charge in [-0.05, 0) is 74.5 Å². The predicted molar refractivity (Wildman–Crippen MR) is 145 cm³/mol. The highest BCUT2D eigenvalue weighted by Crippen LogP contribution is 2.20. The molecular weight excluding hydrogens is 527 g/mol. The van der Waals surface area contributed by atoms with Gasteiger partial charge in [0.15, 0.2) is 5.96 Å². The summed E-state index contributed by atoms with van der Waals surface area (Å²) < 4.78 is 10.7. The fraction of sp³-hybridized carbons (Fsp3) is 0.577. The Hall–Kier alpha value is -1.74. The lowest BCUT2D eigenvalue weighted by molar-refractivity contribution is 0.198. The molecule has 182 valence electrons. The second-order valence-electron chi connectivity index (χ2n) is 9.02. The van der Waals surface area contributed by atoms with E-state index in [4.69, 9.17) is 14.1 Å². The molecule has 2 aliphatic rings. The molecule has 0 bridgehead atoms. The second-order valence-corrected chi connectivity index (χ2v) is 9.02. The van der Waals surface area contributed by atoms with Crippen molar-refractivity contribution in [1.82, 2.24) is 15.1 Å². The summed E-state index contributed by atoms with van der Waals surface area (Å²) in [7, 11) is 1.70. The summed E-state index contributed by atoms with van der Waals surface area (Å²) >= 11 is 0. The Kier molecular flexibility index (Phi) is 10.9. The lowest BCUT2D eigenvalue weighted by Gasteiger charge is -2.29. The number of hydrogen-bond acceptors (Lipinski definition) is 4. The smallest absolute Gasteiger partial charge is 0.193 e. The van der Waals surface area contributed by atoms with Crippen LogP contribution in [0.4, 0.5) is 0 Å². The first-order valence-corrected chi connectivity index (χ1v) is 12.2. The van der Waals surface area contributed by atoms with E-state index in [0.29, 0.717) is 0 Å². The topological polar surface area (TPSA) is 53.2 Å². The van der Waals surface area contributed by atoms with E-state index in [2.05, 4.69) is 27.2 Å². The number of benzene rings is 1. The van der Waals surface area contributed by atoms with Gasteiger partial charge < -0.3 is 24.3 Å². The third-order valence-corrected chi connectivity index (χ3v) is 6.61. The minimum Gasteiger partial charge on any atom is -0.497 e. The first-order valence-electron chi connectivity index (χ1n) is 12.2. The summed E-state index contributed by atoms with van der Waals surface area (Å²) in [5.41, 5.74) is 1.30. The van der Waals surface area contributed by atoms with Gasteiger partial charge in [-0.3, -0.25) is 4.99 Å². The second kappa shape index (κ2) is 13.8. The Morgan fingerprint density at radius 3 is 2.64 bits per heavy atom. The Bertz CT molecular complexity index is 819. The number of furan rings is 1. The van der Waals surface area contributed by atoms with E-state index >= 15 is 0 Å². The number of piperidine rings is 1. The molecule has 2 fully saturated rings. The maximum Gasteiger partial charge on any atom is 0.193 e. The Balaban J connectivity index is 0.00000306. The van der Waals surface area contributed by atoms with E-state index in [1.165, 1.54) is 50.9 Å². The average Bonchev–Trinajstić information content (AvgIpc) is 3.52. The van der Waals surface area contributed by atoms with Crippen molar-refractivity contribution >= 4 is 29.9 Å². The molecule has 0 amide bonds. The molecule has 1 aromatic carbocycles. The highest BCUT2D eigenvalue weighted by molar-refractivity contribution is 14.0. The largest absolute Gasteiger partial charge is 0.497 e. The number of guanidine groups is 1. The van der Waals surface area contributed by atoms with Gasteiger partial charge in [0, 0.05) is 39.1 Å². The van der Waals surface area contributed by atoms with Gasteiger partial charge in [0.2, 0.25) is 0 Å². The third-order valence-electron chi connectivity index (χ3n) is 6.61. The molecular formula is C26H39IN4O2. The van der Waals surface area contributed by atoms with Gasteiger partial charge in [-0.25, -0.2) is 0 Å². The Morgan fingerprint density at radius 2 is 1.91 bits per heavy atom. The van der Waals surface area contributed by atoms with Gasteiger partial charge in [0.25, 0.3) is 0 Å². The molecule has 33 heavy (non-hydrogen) atoms.